The van der Waals surface area contributed by atoms with Gasteiger partial charge in [-0.05, 0) is 54.8 Å². The number of rotatable bonds is 4. The molecule has 2 heterocycles. The van der Waals surface area contributed by atoms with E-state index in [9.17, 15) is 27.6 Å². The Bertz CT molecular complexity index is 1220. The second-order valence-corrected chi connectivity index (χ2v) is 8.89. The Balaban J connectivity index is 1.27. The molecule has 1 fully saturated rings. The molecule has 0 unspecified atom stereocenters. The van der Waals surface area contributed by atoms with Crippen LogP contribution in [0.2, 0.25) is 0 Å². The fourth-order valence-electron chi connectivity index (χ4n) is 3.69. The van der Waals surface area contributed by atoms with Crippen molar-refractivity contribution in [1.82, 2.24) is 15.8 Å². The van der Waals surface area contributed by atoms with Crippen molar-refractivity contribution in [2.45, 2.75) is 12.8 Å². The Hall–Kier alpha value is -3.66. The van der Waals surface area contributed by atoms with Crippen LogP contribution >= 0.6 is 11.3 Å². The monoisotopic (exact) mass is 487 g/mol. The lowest BCUT2D eigenvalue weighted by atomic mass is 9.95. The third kappa shape index (κ3) is 5.28. The summed E-state index contributed by atoms with van der Waals surface area (Å²) in [6, 6.07) is 12.1. The van der Waals surface area contributed by atoms with Crippen molar-refractivity contribution in [3.05, 3.63) is 82.5 Å². The summed E-state index contributed by atoms with van der Waals surface area (Å²) in [6.07, 6.45) is 0.675. The van der Waals surface area contributed by atoms with Gasteiger partial charge in [0, 0.05) is 30.0 Å². The van der Waals surface area contributed by atoms with Gasteiger partial charge in [0.25, 0.3) is 11.8 Å². The second kappa shape index (κ2) is 10.1. The molecule has 1 saturated heterocycles. The number of nitrogens with one attached hydrogen (secondary N) is 2. The molecule has 0 aliphatic carbocycles. The van der Waals surface area contributed by atoms with Crippen molar-refractivity contribution in [3.63, 3.8) is 0 Å². The van der Waals surface area contributed by atoms with Gasteiger partial charge in [-0.3, -0.25) is 25.2 Å². The Kier molecular flexibility index (Phi) is 6.97. The lowest BCUT2D eigenvalue weighted by molar-refractivity contribution is -0.127. The van der Waals surface area contributed by atoms with E-state index in [1.807, 2.05) is 0 Å². The molecule has 0 atom stereocenters. The third-order valence-electron chi connectivity index (χ3n) is 5.57. The summed E-state index contributed by atoms with van der Waals surface area (Å²) in [7, 11) is 0. The first-order chi connectivity index (χ1) is 16.3. The maximum Gasteiger partial charge on any atom is 0.279 e. The molecule has 4 rings (SSSR count). The maximum absolute atomic E-state index is 13.9. The van der Waals surface area contributed by atoms with Crippen molar-refractivity contribution in [1.29, 1.82) is 0 Å². The highest BCUT2D eigenvalue weighted by Gasteiger charge is 2.29. The number of benzene rings is 2. The lowest BCUT2D eigenvalue weighted by Gasteiger charge is -2.31. The topological polar surface area (TPSA) is 78.5 Å². The molecule has 1 aliphatic rings. The van der Waals surface area contributed by atoms with E-state index >= 15 is 0 Å². The number of nitrogens with zero attached hydrogens (tertiary/aromatic N) is 1. The van der Waals surface area contributed by atoms with Gasteiger partial charge in [-0.25, -0.2) is 13.2 Å². The number of hydrogen-bond donors (Lipinski definition) is 2. The van der Waals surface area contributed by atoms with Gasteiger partial charge in [-0.1, -0.05) is 12.1 Å². The normalized spacial score (nSPS) is 14.0. The van der Waals surface area contributed by atoms with E-state index < -0.39 is 29.4 Å². The molecule has 1 aliphatic heterocycles. The number of piperidine rings is 1. The predicted octanol–water partition coefficient (Wildman–Crippen LogP) is 4.15. The first-order valence-corrected chi connectivity index (χ1v) is 11.3. The lowest BCUT2D eigenvalue weighted by Crippen LogP contribution is -2.48. The molecule has 0 bridgehead atoms. The third-order valence-corrected chi connectivity index (χ3v) is 6.71. The number of thiophene rings is 1. The number of likely N-dealkylation sites (tertiary alicyclic amines) is 1. The van der Waals surface area contributed by atoms with Gasteiger partial charge in [0.05, 0.1) is 10.4 Å². The number of carbonyl (C=O) groups excluding carboxylic acids is 3. The standard InChI is InChI=1S/C24H20F3N3O3S/c25-16-3-1-14(2-4-16)20-7-8-21(34-20)23(32)29-28-22(31)15-9-11-30(12-10-15)24(33)18-6-5-17(26)13-19(18)27/h1-8,13,15H,9-12H2,(H,28,31)(H,29,32). The quantitative estimate of drug-likeness (QED) is 0.543. The minimum Gasteiger partial charge on any atom is -0.339 e. The molecule has 3 aromatic rings. The Morgan fingerprint density at radius 2 is 1.53 bits per heavy atom. The van der Waals surface area contributed by atoms with Crippen molar-refractivity contribution < 1.29 is 27.6 Å². The second-order valence-electron chi connectivity index (χ2n) is 7.80. The van der Waals surface area contributed by atoms with E-state index in [-0.39, 0.29) is 30.4 Å². The molecule has 0 spiro atoms. The van der Waals surface area contributed by atoms with E-state index in [1.54, 1.807) is 24.3 Å². The van der Waals surface area contributed by atoms with E-state index in [0.717, 1.165) is 22.6 Å². The van der Waals surface area contributed by atoms with Gasteiger partial charge in [0.1, 0.15) is 17.5 Å². The summed E-state index contributed by atoms with van der Waals surface area (Å²) >= 11 is 1.21. The predicted molar refractivity (Wildman–Crippen MR) is 120 cm³/mol. The van der Waals surface area contributed by atoms with Crippen LogP contribution in [0.3, 0.4) is 0 Å². The maximum atomic E-state index is 13.9. The average Bonchev–Trinajstić information content (AvgIpc) is 3.33. The SMILES string of the molecule is O=C(NNC(=O)C1CCN(C(=O)c2ccc(F)cc2F)CC1)c1ccc(-c2ccc(F)cc2)s1. The van der Waals surface area contributed by atoms with Crippen LogP contribution in [0.25, 0.3) is 10.4 Å². The van der Waals surface area contributed by atoms with Crippen molar-refractivity contribution >= 4 is 29.1 Å². The minimum atomic E-state index is -0.927. The van der Waals surface area contributed by atoms with Crippen LogP contribution in [-0.2, 0) is 4.79 Å². The molecule has 2 aromatic carbocycles. The molecule has 6 nitrogen and oxygen atoms in total. The average molecular weight is 488 g/mol. The Labute approximate surface area is 197 Å². The number of halogens is 3. The van der Waals surface area contributed by atoms with Crippen molar-refractivity contribution in [2.75, 3.05) is 13.1 Å². The molecule has 0 radical (unpaired) electrons. The van der Waals surface area contributed by atoms with Crippen LogP contribution in [0.4, 0.5) is 13.2 Å². The Morgan fingerprint density at radius 1 is 0.853 bits per heavy atom. The summed E-state index contributed by atoms with van der Waals surface area (Å²) in [5, 5.41) is 0. The van der Waals surface area contributed by atoms with E-state index in [1.165, 1.54) is 28.4 Å². The smallest absolute Gasteiger partial charge is 0.279 e. The molecular weight excluding hydrogens is 467 g/mol. The highest BCUT2D eigenvalue weighted by Crippen LogP contribution is 2.28. The van der Waals surface area contributed by atoms with Crippen molar-refractivity contribution in [2.24, 2.45) is 5.92 Å². The Morgan fingerprint density at radius 3 is 2.21 bits per heavy atom. The van der Waals surface area contributed by atoms with Crippen LogP contribution in [0.1, 0.15) is 32.9 Å². The van der Waals surface area contributed by atoms with Crippen LogP contribution in [0, 0.1) is 23.4 Å². The molecular formula is C24H20F3N3O3S. The highest BCUT2D eigenvalue weighted by molar-refractivity contribution is 7.17. The van der Waals surface area contributed by atoms with Crippen LogP contribution in [0.15, 0.2) is 54.6 Å². The van der Waals surface area contributed by atoms with Gasteiger partial charge in [-0.15, -0.1) is 11.3 Å². The van der Waals surface area contributed by atoms with E-state index in [4.69, 9.17) is 0 Å². The van der Waals surface area contributed by atoms with E-state index in [2.05, 4.69) is 10.9 Å². The largest absolute Gasteiger partial charge is 0.339 e. The molecule has 3 amide bonds. The van der Waals surface area contributed by atoms with Gasteiger partial charge in [-0.2, -0.15) is 0 Å². The van der Waals surface area contributed by atoms with Gasteiger partial charge < -0.3 is 4.90 Å². The van der Waals surface area contributed by atoms with Crippen LogP contribution < -0.4 is 10.9 Å². The zero-order valence-electron chi connectivity index (χ0n) is 17.8. The van der Waals surface area contributed by atoms with Crippen LogP contribution in [-0.4, -0.2) is 35.7 Å². The van der Waals surface area contributed by atoms with Crippen LogP contribution in [0.5, 0.6) is 0 Å². The number of carbonyl (C=O) groups is 3. The minimum absolute atomic E-state index is 0.215. The number of hydrazine groups is 1. The molecule has 34 heavy (non-hydrogen) atoms. The van der Waals surface area contributed by atoms with Crippen molar-refractivity contribution in [3.8, 4) is 10.4 Å². The molecule has 0 saturated carbocycles. The summed E-state index contributed by atoms with van der Waals surface area (Å²) in [5.41, 5.74) is 5.36. The van der Waals surface area contributed by atoms with E-state index in [0.29, 0.717) is 23.8 Å². The summed E-state index contributed by atoms with van der Waals surface area (Å²) in [6.45, 7) is 0.460. The summed E-state index contributed by atoms with van der Waals surface area (Å²) in [4.78, 5) is 39.9. The number of amides is 3. The first kappa shape index (κ1) is 23.5. The zero-order chi connectivity index (χ0) is 24.2. The van der Waals surface area contributed by atoms with Gasteiger partial charge in [0.2, 0.25) is 5.91 Å². The summed E-state index contributed by atoms with van der Waals surface area (Å²) < 4.78 is 40.0. The molecule has 1 aromatic heterocycles. The fourth-order valence-corrected chi connectivity index (χ4v) is 4.60. The van der Waals surface area contributed by atoms with Gasteiger partial charge >= 0.3 is 0 Å². The molecule has 10 heteroatoms. The zero-order valence-corrected chi connectivity index (χ0v) is 18.6. The van der Waals surface area contributed by atoms with Gasteiger partial charge in [0.15, 0.2) is 0 Å². The fraction of sp³-hybridized carbons (Fsp3) is 0.208. The summed E-state index contributed by atoms with van der Waals surface area (Å²) in [5.74, 6) is -3.89. The molecule has 2 N–H and O–H groups in total. The number of hydrogen-bond acceptors (Lipinski definition) is 4. The molecule has 176 valence electrons. The highest BCUT2D eigenvalue weighted by atomic mass is 32.1. The first-order valence-electron chi connectivity index (χ1n) is 10.5.